The smallest absolute Gasteiger partial charge is 0.251 e. The van der Waals surface area contributed by atoms with Crippen molar-refractivity contribution < 1.29 is 18.7 Å². The number of benzene rings is 2. The molecular weight excluding hydrogens is 580 g/mol. The Morgan fingerprint density at radius 3 is 2.36 bits per heavy atom. The van der Waals surface area contributed by atoms with E-state index in [1.807, 2.05) is 17.5 Å². The molecular formula is C34H41F2N5O2S. The maximum Gasteiger partial charge on any atom is 0.251 e. The van der Waals surface area contributed by atoms with E-state index in [1.165, 1.54) is 29.0 Å². The van der Waals surface area contributed by atoms with E-state index in [-0.39, 0.29) is 13.0 Å². The SMILES string of the molecule is CCCN(CCC)c1cc(C(=O)NC(Cc2cc(F)cc(F)c2)C(O)CNCc2cccc(CC)c2)cc(-c2nccs2)n1. The molecule has 1 amide bonds. The van der Waals surface area contributed by atoms with Crippen LogP contribution in [-0.4, -0.2) is 52.8 Å². The molecule has 0 saturated carbocycles. The van der Waals surface area contributed by atoms with Gasteiger partial charge < -0.3 is 20.6 Å². The van der Waals surface area contributed by atoms with E-state index in [4.69, 9.17) is 4.98 Å². The molecule has 0 bridgehead atoms. The monoisotopic (exact) mass is 621 g/mol. The van der Waals surface area contributed by atoms with Crippen LogP contribution in [0.1, 0.15) is 60.7 Å². The lowest BCUT2D eigenvalue weighted by molar-refractivity contribution is 0.0830. The molecule has 10 heteroatoms. The third-order valence-electron chi connectivity index (χ3n) is 7.28. The van der Waals surface area contributed by atoms with Crippen LogP contribution in [0, 0.1) is 11.6 Å². The number of amides is 1. The van der Waals surface area contributed by atoms with Gasteiger partial charge in [0.05, 0.1) is 12.1 Å². The average Bonchev–Trinajstić information content (AvgIpc) is 3.55. The van der Waals surface area contributed by atoms with Gasteiger partial charge in [0.2, 0.25) is 0 Å². The minimum absolute atomic E-state index is 0.0314. The van der Waals surface area contributed by atoms with Gasteiger partial charge in [0.15, 0.2) is 0 Å². The predicted molar refractivity (Wildman–Crippen MR) is 173 cm³/mol. The summed E-state index contributed by atoms with van der Waals surface area (Å²) < 4.78 is 28.1. The number of thiazole rings is 1. The van der Waals surface area contributed by atoms with E-state index in [2.05, 4.69) is 53.4 Å². The van der Waals surface area contributed by atoms with Crippen LogP contribution >= 0.6 is 11.3 Å². The molecule has 3 N–H and O–H groups in total. The molecule has 4 aromatic rings. The molecule has 2 aromatic heterocycles. The van der Waals surface area contributed by atoms with Gasteiger partial charge in [-0.15, -0.1) is 11.3 Å². The number of hydrogen-bond donors (Lipinski definition) is 3. The summed E-state index contributed by atoms with van der Waals surface area (Å²) in [5.41, 5.74) is 3.57. The van der Waals surface area contributed by atoms with E-state index in [1.54, 1.807) is 18.3 Å². The maximum atomic E-state index is 14.1. The summed E-state index contributed by atoms with van der Waals surface area (Å²) in [6.45, 7) is 8.52. The van der Waals surface area contributed by atoms with Gasteiger partial charge in [-0.05, 0) is 66.6 Å². The van der Waals surface area contributed by atoms with Gasteiger partial charge in [-0.25, -0.2) is 18.7 Å². The highest BCUT2D eigenvalue weighted by Gasteiger charge is 2.24. The van der Waals surface area contributed by atoms with Gasteiger partial charge in [0, 0.05) is 49.4 Å². The Bertz CT molecular complexity index is 1470. The topological polar surface area (TPSA) is 90.4 Å². The standard InChI is InChI=1S/C34H41F2N5O2S/c1-4-11-41(12-5-2)32-19-26(18-30(39-32)34-38-10-13-44-34)33(43)40-29(17-25-15-27(35)20-28(36)16-25)31(42)22-37-21-24-9-7-8-23(6-3)14-24/h7-10,13-16,18-20,29,31,37,42H,4-6,11-12,17,21-22H2,1-3H3,(H,40,43). The highest BCUT2D eigenvalue weighted by molar-refractivity contribution is 7.13. The van der Waals surface area contributed by atoms with Crippen LogP contribution in [0.3, 0.4) is 0 Å². The largest absolute Gasteiger partial charge is 0.390 e. The van der Waals surface area contributed by atoms with E-state index in [9.17, 15) is 18.7 Å². The summed E-state index contributed by atoms with van der Waals surface area (Å²) in [5, 5.41) is 20.0. The number of carbonyl (C=O) groups is 1. The minimum atomic E-state index is -1.05. The van der Waals surface area contributed by atoms with Crippen LogP contribution in [0.2, 0.25) is 0 Å². The van der Waals surface area contributed by atoms with Crippen molar-refractivity contribution in [2.24, 2.45) is 0 Å². The van der Waals surface area contributed by atoms with Crippen molar-refractivity contribution >= 4 is 23.1 Å². The van der Waals surface area contributed by atoms with Gasteiger partial charge in [-0.1, -0.05) is 45.0 Å². The molecule has 234 valence electrons. The molecule has 2 heterocycles. The molecule has 2 atom stereocenters. The predicted octanol–water partition coefficient (Wildman–Crippen LogP) is 6.16. The number of aliphatic hydroxyl groups is 1. The Morgan fingerprint density at radius 2 is 1.70 bits per heavy atom. The molecule has 2 aromatic carbocycles. The number of carbonyl (C=O) groups excluding carboxylic acids is 1. The van der Waals surface area contributed by atoms with Crippen molar-refractivity contribution in [2.45, 2.75) is 65.1 Å². The highest BCUT2D eigenvalue weighted by atomic mass is 32.1. The fourth-order valence-electron chi connectivity index (χ4n) is 5.13. The Balaban J connectivity index is 1.59. The number of nitrogens with zero attached hydrogens (tertiary/aromatic N) is 3. The number of pyridine rings is 1. The number of nitrogens with one attached hydrogen (secondary N) is 2. The first kappa shape index (κ1) is 33.2. The number of rotatable bonds is 16. The molecule has 7 nitrogen and oxygen atoms in total. The Kier molecular flexibility index (Phi) is 12.3. The van der Waals surface area contributed by atoms with Crippen molar-refractivity contribution in [3.8, 4) is 10.7 Å². The Morgan fingerprint density at radius 1 is 0.977 bits per heavy atom. The first-order chi connectivity index (χ1) is 21.3. The molecule has 2 unspecified atom stereocenters. The summed E-state index contributed by atoms with van der Waals surface area (Å²) in [6.07, 6.45) is 3.43. The summed E-state index contributed by atoms with van der Waals surface area (Å²) in [7, 11) is 0. The van der Waals surface area contributed by atoms with Crippen molar-refractivity contribution in [3.05, 3.63) is 100 Å². The number of aryl methyl sites for hydroxylation is 1. The molecule has 0 aliphatic heterocycles. The van der Waals surface area contributed by atoms with Crippen molar-refractivity contribution in [3.63, 3.8) is 0 Å². The second-order valence-electron chi connectivity index (χ2n) is 10.9. The van der Waals surface area contributed by atoms with Crippen LogP contribution in [0.25, 0.3) is 10.7 Å². The normalized spacial score (nSPS) is 12.6. The highest BCUT2D eigenvalue weighted by Crippen LogP contribution is 2.26. The van der Waals surface area contributed by atoms with Gasteiger partial charge in [0.25, 0.3) is 5.91 Å². The lowest BCUT2D eigenvalue weighted by Crippen LogP contribution is -2.48. The van der Waals surface area contributed by atoms with Crippen LogP contribution in [0.5, 0.6) is 0 Å². The fourth-order valence-corrected chi connectivity index (χ4v) is 5.73. The number of anilines is 1. The van der Waals surface area contributed by atoms with Crippen LogP contribution in [0.4, 0.5) is 14.6 Å². The van der Waals surface area contributed by atoms with Crippen molar-refractivity contribution in [1.29, 1.82) is 0 Å². The summed E-state index contributed by atoms with van der Waals surface area (Å²) >= 11 is 1.43. The van der Waals surface area contributed by atoms with Gasteiger partial charge >= 0.3 is 0 Å². The van der Waals surface area contributed by atoms with Crippen molar-refractivity contribution in [1.82, 2.24) is 20.6 Å². The van der Waals surface area contributed by atoms with Crippen molar-refractivity contribution in [2.75, 3.05) is 24.5 Å². The van der Waals surface area contributed by atoms with Gasteiger partial charge in [-0.2, -0.15) is 0 Å². The second-order valence-corrected chi connectivity index (χ2v) is 11.8. The second kappa shape index (κ2) is 16.4. The quantitative estimate of drug-likeness (QED) is 0.139. The summed E-state index contributed by atoms with van der Waals surface area (Å²) in [6, 6.07) is 14.0. The van der Waals surface area contributed by atoms with Gasteiger partial charge in [-0.3, -0.25) is 4.79 Å². The lowest BCUT2D eigenvalue weighted by Gasteiger charge is -2.26. The van der Waals surface area contributed by atoms with Crippen LogP contribution < -0.4 is 15.5 Å². The Labute approximate surface area is 262 Å². The van der Waals surface area contributed by atoms with E-state index in [0.29, 0.717) is 34.2 Å². The average molecular weight is 622 g/mol. The number of halogens is 2. The zero-order chi connectivity index (χ0) is 31.5. The first-order valence-electron chi connectivity index (χ1n) is 15.2. The van der Waals surface area contributed by atoms with Gasteiger partial charge in [0.1, 0.15) is 28.2 Å². The zero-order valence-corrected chi connectivity index (χ0v) is 26.3. The number of aromatic nitrogens is 2. The third kappa shape index (κ3) is 9.38. The van der Waals surface area contributed by atoms with E-state index in [0.717, 1.165) is 44.0 Å². The van der Waals surface area contributed by atoms with Crippen LogP contribution in [0.15, 0.2) is 66.2 Å². The Hall–Kier alpha value is -3.73. The molecule has 44 heavy (non-hydrogen) atoms. The number of hydrogen-bond acceptors (Lipinski definition) is 7. The molecule has 0 spiro atoms. The molecule has 0 radical (unpaired) electrons. The summed E-state index contributed by atoms with van der Waals surface area (Å²) in [5.74, 6) is -1.18. The molecule has 0 fully saturated rings. The third-order valence-corrected chi connectivity index (χ3v) is 8.07. The number of aliphatic hydroxyl groups excluding tert-OH is 1. The minimum Gasteiger partial charge on any atom is -0.390 e. The molecule has 0 aliphatic carbocycles. The molecule has 4 rings (SSSR count). The zero-order valence-electron chi connectivity index (χ0n) is 25.5. The fraction of sp³-hybridized carbons (Fsp3) is 0.382. The molecule has 0 aliphatic rings. The summed E-state index contributed by atoms with van der Waals surface area (Å²) in [4.78, 5) is 25.2. The first-order valence-corrected chi connectivity index (χ1v) is 16.1. The van der Waals surface area contributed by atoms with Crippen LogP contribution in [-0.2, 0) is 19.4 Å². The maximum absolute atomic E-state index is 14.1. The van der Waals surface area contributed by atoms with E-state index >= 15 is 0 Å². The van der Waals surface area contributed by atoms with E-state index < -0.39 is 29.7 Å². The lowest BCUT2D eigenvalue weighted by atomic mass is 10.00. The molecule has 0 saturated heterocycles.